The number of carbonyl (C=O) groups is 1. The second-order valence-corrected chi connectivity index (χ2v) is 4.60. The minimum atomic E-state index is -0.341. The third kappa shape index (κ3) is 2.76. The summed E-state index contributed by atoms with van der Waals surface area (Å²) in [6, 6.07) is 4.40. The molecule has 0 radical (unpaired) electrons. The van der Waals surface area contributed by atoms with Crippen LogP contribution < -0.4 is 10.6 Å². The summed E-state index contributed by atoms with van der Waals surface area (Å²) in [4.78, 5) is 12.0. The van der Waals surface area contributed by atoms with Crippen LogP contribution in [0.15, 0.2) is 22.6 Å². The first kappa shape index (κ1) is 13.5. The maximum atomic E-state index is 13.2. The molecule has 1 unspecified atom stereocenters. The van der Waals surface area contributed by atoms with Crippen LogP contribution >= 0.6 is 0 Å². The lowest BCUT2D eigenvalue weighted by molar-refractivity contribution is 0.0924. The number of halogens is 1. The van der Waals surface area contributed by atoms with Gasteiger partial charge in [-0.25, -0.2) is 4.39 Å². The van der Waals surface area contributed by atoms with E-state index in [2.05, 4.69) is 10.6 Å². The zero-order chi connectivity index (χ0) is 14.0. The first-order chi connectivity index (χ1) is 9.02. The van der Waals surface area contributed by atoms with E-state index in [1.807, 2.05) is 14.0 Å². The lowest BCUT2D eigenvalue weighted by Gasteiger charge is -2.10. The summed E-state index contributed by atoms with van der Waals surface area (Å²) in [7, 11) is 1.83. The molecule has 4 nitrogen and oxygen atoms in total. The molecular weight excluding hydrogens is 247 g/mol. The highest BCUT2D eigenvalue weighted by Gasteiger charge is 2.18. The number of hydrogen-bond acceptors (Lipinski definition) is 3. The van der Waals surface area contributed by atoms with Crippen LogP contribution in [0.25, 0.3) is 11.0 Å². The van der Waals surface area contributed by atoms with E-state index >= 15 is 0 Å². The molecular formula is C14H17FN2O2. The Hall–Kier alpha value is -1.88. The van der Waals surface area contributed by atoms with E-state index in [0.29, 0.717) is 23.1 Å². The molecule has 0 aliphatic rings. The highest BCUT2D eigenvalue weighted by molar-refractivity contribution is 5.98. The van der Waals surface area contributed by atoms with Crippen LogP contribution in [0, 0.1) is 12.7 Å². The van der Waals surface area contributed by atoms with Gasteiger partial charge >= 0.3 is 0 Å². The third-order valence-electron chi connectivity index (χ3n) is 3.17. The van der Waals surface area contributed by atoms with Gasteiger partial charge in [-0.05, 0) is 39.1 Å². The zero-order valence-electron chi connectivity index (χ0n) is 11.2. The smallest absolute Gasteiger partial charge is 0.287 e. The van der Waals surface area contributed by atoms with E-state index in [1.54, 1.807) is 6.92 Å². The molecule has 5 heteroatoms. The average Bonchev–Trinajstić information content (AvgIpc) is 2.73. The molecule has 0 saturated heterocycles. The van der Waals surface area contributed by atoms with Gasteiger partial charge in [-0.3, -0.25) is 4.79 Å². The number of amides is 1. The maximum absolute atomic E-state index is 13.2. The Morgan fingerprint density at radius 2 is 2.21 bits per heavy atom. The van der Waals surface area contributed by atoms with Gasteiger partial charge in [-0.2, -0.15) is 0 Å². The van der Waals surface area contributed by atoms with Crippen molar-refractivity contribution in [1.82, 2.24) is 10.6 Å². The molecule has 2 rings (SSSR count). The van der Waals surface area contributed by atoms with Crippen LogP contribution in [0.2, 0.25) is 0 Å². The van der Waals surface area contributed by atoms with Gasteiger partial charge in [0.05, 0.1) is 0 Å². The van der Waals surface area contributed by atoms with Crippen LogP contribution in [0.3, 0.4) is 0 Å². The van der Waals surface area contributed by atoms with Gasteiger partial charge in [0.2, 0.25) is 0 Å². The summed E-state index contributed by atoms with van der Waals surface area (Å²) in [5.41, 5.74) is 1.18. The fourth-order valence-electron chi connectivity index (χ4n) is 1.84. The van der Waals surface area contributed by atoms with E-state index in [9.17, 15) is 9.18 Å². The van der Waals surface area contributed by atoms with Gasteiger partial charge < -0.3 is 15.1 Å². The number of rotatable bonds is 4. The van der Waals surface area contributed by atoms with Gasteiger partial charge in [0.15, 0.2) is 5.76 Å². The molecule has 0 bridgehead atoms. The molecule has 0 spiro atoms. The minimum Gasteiger partial charge on any atom is -0.451 e. The van der Waals surface area contributed by atoms with Crippen molar-refractivity contribution in [3.05, 3.63) is 35.3 Å². The van der Waals surface area contributed by atoms with Crippen molar-refractivity contribution in [2.75, 3.05) is 13.6 Å². The van der Waals surface area contributed by atoms with Crippen LogP contribution in [-0.2, 0) is 0 Å². The Balaban J connectivity index is 2.25. The minimum absolute atomic E-state index is 0.172. The van der Waals surface area contributed by atoms with Crippen molar-refractivity contribution < 1.29 is 13.6 Å². The van der Waals surface area contributed by atoms with Gasteiger partial charge in [0.25, 0.3) is 5.91 Å². The van der Waals surface area contributed by atoms with Crippen LogP contribution in [-0.4, -0.2) is 25.5 Å². The molecule has 1 atom stereocenters. The largest absolute Gasteiger partial charge is 0.451 e. The van der Waals surface area contributed by atoms with Gasteiger partial charge in [-0.15, -0.1) is 0 Å². The maximum Gasteiger partial charge on any atom is 0.287 e. The summed E-state index contributed by atoms with van der Waals surface area (Å²) >= 11 is 0. The van der Waals surface area contributed by atoms with E-state index < -0.39 is 0 Å². The van der Waals surface area contributed by atoms with Gasteiger partial charge in [0, 0.05) is 23.5 Å². The summed E-state index contributed by atoms with van der Waals surface area (Å²) in [5.74, 6) is -0.382. The second-order valence-electron chi connectivity index (χ2n) is 4.60. The highest BCUT2D eigenvalue weighted by atomic mass is 19.1. The number of aryl methyl sites for hydroxylation is 1. The average molecular weight is 264 g/mol. The lowest BCUT2D eigenvalue weighted by atomic mass is 10.1. The summed E-state index contributed by atoms with van der Waals surface area (Å²) in [6.07, 6.45) is 0. The summed E-state index contributed by atoms with van der Waals surface area (Å²) in [6.45, 7) is 4.21. The molecule has 0 saturated carbocycles. The molecule has 102 valence electrons. The fourth-order valence-corrected chi connectivity index (χ4v) is 1.84. The SMILES string of the molecule is CNC(C)CNC(=O)c1oc2ccc(F)cc2c1C. The van der Waals surface area contributed by atoms with Gasteiger partial charge in [-0.1, -0.05) is 0 Å². The van der Waals surface area contributed by atoms with Crippen molar-refractivity contribution in [1.29, 1.82) is 0 Å². The number of carbonyl (C=O) groups excluding carboxylic acids is 1. The fraction of sp³-hybridized carbons (Fsp3) is 0.357. The first-order valence-electron chi connectivity index (χ1n) is 6.17. The monoisotopic (exact) mass is 264 g/mol. The van der Waals surface area contributed by atoms with E-state index in [1.165, 1.54) is 18.2 Å². The number of benzene rings is 1. The Morgan fingerprint density at radius 3 is 2.89 bits per heavy atom. The molecule has 1 heterocycles. The van der Waals surface area contributed by atoms with Crippen molar-refractivity contribution in [2.24, 2.45) is 0 Å². The Labute approximate surface area is 111 Å². The number of hydrogen-bond donors (Lipinski definition) is 2. The van der Waals surface area contributed by atoms with Crippen LogP contribution in [0.1, 0.15) is 23.0 Å². The molecule has 0 fully saturated rings. The topological polar surface area (TPSA) is 54.3 Å². The van der Waals surface area contributed by atoms with E-state index in [-0.39, 0.29) is 23.5 Å². The Kier molecular flexibility index (Phi) is 3.85. The third-order valence-corrected chi connectivity index (χ3v) is 3.17. The molecule has 2 N–H and O–H groups in total. The molecule has 19 heavy (non-hydrogen) atoms. The van der Waals surface area contributed by atoms with Crippen molar-refractivity contribution in [3.8, 4) is 0 Å². The van der Waals surface area contributed by atoms with E-state index in [0.717, 1.165) is 0 Å². The van der Waals surface area contributed by atoms with Crippen LogP contribution in [0.5, 0.6) is 0 Å². The second kappa shape index (κ2) is 5.40. The Bertz CT molecular complexity index is 607. The van der Waals surface area contributed by atoms with Crippen molar-refractivity contribution in [2.45, 2.75) is 19.9 Å². The lowest BCUT2D eigenvalue weighted by Crippen LogP contribution is -2.37. The van der Waals surface area contributed by atoms with Crippen molar-refractivity contribution >= 4 is 16.9 Å². The number of nitrogens with one attached hydrogen (secondary N) is 2. The quantitative estimate of drug-likeness (QED) is 0.890. The first-order valence-corrected chi connectivity index (χ1v) is 6.17. The molecule has 1 aromatic carbocycles. The number of furan rings is 1. The number of likely N-dealkylation sites (N-methyl/N-ethyl adjacent to an activating group) is 1. The molecule has 1 aromatic heterocycles. The Morgan fingerprint density at radius 1 is 1.47 bits per heavy atom. The normalized spacial score (nSPS) is 12.6. The molecule has 0 aliphatic carbocycles. The van der Waals surface area contributed by atoms with Crippen LogP contribution in [0.4, 0.5) is 4.39 Å². The molecule has 0 aliphatic heterocycles. The number of fused-ring (bicyclic) bond motifs is 1. The molecule has 1 amide bonds. The summed E-state index contributed by atoms with van der Waals surface area (Å²) in [5, 5.41) is 6.43. The predicted octanol–water partition coefficient (Wildman–Crippen LogP) is 2.22. The highest BCUT2D eigenvalue weighted by Crippen LogP contribution is 2.25. The zero-order valence-corrected chi connectivity index (χ0v) is 11.2. The van der Waals surface area contributed by atoms with Gasteiger partial charge in [0.1, 0.15) is 11.4 Å². The summed E-state index contributed by atoms with van der Waals surface area (Å²) < 4.78 is 18.7. The molecule has 2 aromatic rings. The standard InChI is InChI=1S/C14H17FN2O2/c1-8(16-3)7-17-14(18)13-9(2)11-6-10(15)4-5-12(11)19-13/h4-6,8,16H,7H2,1-3H3,(H,17,18). The van der Waals surface area contributed by atoms with Crippen molar-refractivity contribution in [3.63, 3.8) is 0 Å². The predicted molar refractivity (Wildman–Crippen MR) is 71.8 cm³/mol. The van der Waals surface area contributed by atoms with E-state index in [4.69, 9.17) is 4.42 Å².